The molecule has 5 nitrogen and oxygen atoms in total. The Morgan fingerprint density at radius 1 is 1.35 bits per heavy atom. The molecule has 0 spiro atoms. The Morgan fingerprint density at radius 3 is 2.35 bits per heavy atom. The number of rotatable bonds is 2. The number of pyridine rings is 1. The molecule has 1 aromatic heterocycles. The van der Waals surface area contributed by atoms with Gasteiger partial charge < -0.3 is 9.84 Å². The Hall–Kier alpha value is -2.12. The molecule has 0 bridgehead atoms. The number of esters is 1. The summed E-state index contributed by atoms with van der Waals surface area (Å²) in [4.78, 5) is 24.6. The monoisotopic (exact) mass is 249 g/mol. The lowest BCUT2D eigenvalue weighted by atomic mass is 10.2. The molecule has 1 rings (SSSR count). The first kappa shape index (κ1) is 12.9. The van der Waals surface area contributed by atoms with E-state index in [1.165, 1.54) is 0 Å². The van der Waals surface area contributed by atoms with Crippen LogP contribution in [0.4, 0.5) is 13.2 Å². The van der Waals surface area contributed by atoms with Crippen LogP contribution >= 0.6 is 0 Å². The molecule has 17 heavy (non-hydrogen) atoms. The van der Waals surface area contributed by atoms with Crippen molar-refractivity contribution < 1.29 is 32.6 Å². The smallest absolute Gasteiger partial charge is 0.433 e. The minimum Gasteiger partial charge on any atom is -0.478 e. The van der Waals surface area contributed by atoms with Crippen LogP contribution in [-0.4, -0.2) is 29.1 Å². The highest BCUT2D eigenvalue weighted by Gasteiger charge is 2.34. The highest BCUT2D eigenvalue weighted by molar-refractivity contribution is 5.93. The van der Waals surface area contributed by atoms with E-state index in [1.807, 2.05) is 0 Å². The Kier molecular flexibility index (Phi) is 3.35. The summed E-state index contributed by atoms with van der Waals surface area (Å²) in [6, 6.07) is 1.05. The third kappa shape index (κ3) is 2.92. The number of hydrogen-bond donors (Lipinski definition) is 1. The maximum absolute atomic E-state index is 12.4. The van der Waals surface area contributed by atoms with E-state index in [0.717, 1.165) is 7.11 Å². The number of halogens is 3. The Balaban J connectivity index is 3.39. The summed E-state index contributed by atoms with van der Waals surface area (Å²) in [6.07, 6.45) is -4.84. The summed E-state index contributed by atoms with van der Waals surface area (Å²) >= 11 is 0. The van der Waals surface area contributed by atoms with Crippen LogP contribution in [-0.2, 0) is 10.9 Å². The number of carboxylic acids is 1. The van der Waals surface area contributed by atoms with E-state index in [-0.39, 0.29) is 0 Å². The molecule has 8 heteroatoms. The number of ether oxygens (including phenoxy) is 1. The molecule has 0 unspecified atom stereocenters. The molecule has 0 aliphatic carbocycles. The second-order valence-electron chi connectivity index (χ2n) is 2.92. The Morgan fingerprint density at radius 2 is 1.94 bits per heavy atom. The van der Waals surface area contributed by atoms with E-state index in [0.29, 0.717) is 12.1 Å². The fraction of sp³-hybridized carbons (Fsp3) is 0.222. The third-order valence-electron chi connectivity index (χ3n) is 1.76. The van der Waals surface area contributed by atoms with Crippen molar-refractivity contribution in [2.75, 3.05) is 7.11 Å². The molecule has 0 fully saturated rings. The summed E-state index contributed by atoms with van der Waals surface area (Å²) in [5.41, 5.74) is -2.86. The van der Waals surface area contributed by atoms with Crippen LogP contribution in [0, 0.1) is 0 Å². The normalized spacial score (nSPS) is 11.1. The number of carboxylic acid groups (broad SMARTS) is 1. The SMILES string of the molecule is COC(=O)c1cc(C(=O)O)cc(C(F)(F)F)n1. The Labute approximate surface area is 92.8 Å². The Bertz CT molecular complexity index is 470. The van der Waals surface area contributed by atoms with Gasteiger partial charge in [0.05, 0.1) is 12.7 Å². The van der Waals surface area contributed by atoms with Crippen LogP contribution in [0.25, 0.3) is 0 Å². The number of methoxy groups -OCH3 is 1. The predicted molar refractivity (Wildman–Crippen MR) is 47.5 cm³/mol. The van der Waals surface area contributed by atoms with Gasteiger partial charge in [0, 0.05) is 0 Å². The molecule has 1 heterocycles. The summed E-state index contributed by atoms with van der Waals surface area (Å²) < 4.78 is 41.3. The zero-order chi connectivity index (χ0) is 13.2. The molecular weight excluding hydrogens is 243 g/mol. The molecule has 92 valence electrons. The van der Waals surface area contributed by atoms with Crippen LogP contribution in [0.2, 0.25) is 0 Å². The van der Waals surface area contributed by atoms with E-state index in [2.05, 4.69) is 9.72 Å². The second-order valence-corrected chi connectivity index (χ2v) is 2.92. The molecule has 0 aliphatic rings. The number of aromatic carboxylic acids is 1. The molecule has 0 radical (unpaired) electrons. The van der Waals surface area contributed by atoms with Gasteiger partial charge in [-0.3, -0.25) is 0 Å². The topological polar surface area (TPSA) is 76.5 Å². The molecule has 0 amide bonds. The van der Waals surface area contributed by atoms with Crippen molar-refractivity contribution in [3.8, 4) is 0 Å². The molecule has 0 aromatic carbocycles. The minimum absolute atomic E-state index is 0.342. The van der Waals surface area contributed by atoms with Crippen molar-refractivity contribution in [2.45, 2.75) is 6.18 Å². The van der Waals surface area contributed by atoms with Gasteiger partial charge in [0.1, 0.15) is 11.4 Å². The second kappa shape index (κ2) is 4.40. The van der Waals surface area contributed by atoms with Crippen LogP contribution in [0.3, 0.4) is 0 Å². The average Bonchev–Trinajstić information content (AvgIpc) is 2.26. The van der Waals surface area contributed by atoms with Crippen molar-refractivity contribution in [2.24, 2.45) is 0 Å². The minimum atomic E-state index is -4.84. The third-order valence-corrected chi connectivity index (χ3v) is 1.76. The maximum Gasteiger partial charge on any atom is 0.433 e. The number of hydrogen-bond acceptors (Lipinski definition) is 4. The zero-order valence-electron chi connectivity index (χ0n) is 8.41. The van der Waals surface area contributed by atoms with Gasteiger partial charge >= 0.3 is 18.1 Å². The first-order valence-electron chi connectivity index (χ1n) is 4.16. The van der Waals surface area contributed by atoms with Crippen LogP contribution in [0.5, 0.6) is 0 Å². The zero-order valence-corrected chi connectivity index (χ0v) is 8.41. The van der Waals surface area contributed by atoms with Crippen LogP contribution in [0.1, 0.15) is 26.5 Å². The molecule has 0 saturated heterocycles. The van der Waals surface area contributed by atoms with Gasteiger partial charge in [-0.1, -0.05) is 0 Å². The van der Waals surface area contributed by atoms with E-state index in [4.69, 9.17) is 5.11 Å². The highest BCUT2D eigenvalue weighted by atomic mass is 19.4. The standard InChI is InChI=1S/C9H6F3NO4/c1-17-8(16)5-2-4(7(14)15)3-6(13-5)9(10,11)12/h2-3H,1H3,(H,14,15). The molecule has 1 aromatic rings. The highest BCUT2D eigenvalue weighted by Crippen LogP contribution is 2.28. The predicted octanol–water partition coefficient (Wildman–Crippen LogP) is 1.59. The molecule has 0 atom stereocenters. The van der Waals surface area contributed by atoms with Crippen LogP contribution < -0.4 is 0 Å². The van der Waals surface area contributed by atoms with Crippen molar-refractivity contribution in [3.63, 3.8) is 0 Å². The molecule has 1 N–H and O–H groups in total. The summed E-state index contributed by atoms with van der Waals surface area (Å²) in [5, 5.41) is 8.61. The van der Waals surface area contributed by atoms with Gasteiger partial charge in [-0.2, -0.15) is 13.2 Å². The first-order valence-corrected chi connectivity index (χ1v) is 4.16. The quantitative estimate of drug-likeness (QED) is 0.805. The van der Waals surface area contributed by atoms with Gasteiger partial charge in [-0.15, -0.1) is 0 Å². The molecular formula is C9H6F3NO4. The van der Waals surface area contributed by atoms with Gasteiger partial charge in [0.15, 0.2) is 0 Å². The lowest BCUT2D eigenvalue weighted by Crippen LogP contribution is -2.15. The van der Waals surface area contributed by atoms with Gasteiger partial charge in [0.2, 0.25) is 0 Å². The lowest BCUT2D eigenvalue weighted by molar-refractivity contribution is -0.141. The lowest BCUT2D eigenvalue weighted by Gasteiger charge is -2.08. The van der Waals surface area contributed by atoms with E-state index < -0.39 is 35.1 Å². The molecule has 0 aliphatic heterocycles. The van der Waals surface area contributed by atoms with Crippen molar-refractivity contribution >= 4 is 11.9 Å². The fourth-order valence-corrected chi connectivity index (χ4v) is 1.01. The first-order chi connectivity index (χ1) is 7.75. The fourth-order valence-electron chi connectivity index (χ4n) is 1.01. The van der Waals surface area contributed by atoms with Crippen molar-refractivity contribution in [3.05, 3.63) is 29.1 Å². The number of carbonyl (C=O) groups excluding carboxylic acids is 1. The summed E-state index contributed by atoms with van der Waals surface area (Å²) in [6.45, 7) is 0. The number of aromatic nitrogens is 1. The van der Waals surface area contributed by atoms with E-state index in [1.54, 1.807) is 0 Å². The van der Waals surface area contributed by atoms with Crippen molar-refractivity contribution in [1.82, 2.24) is 4.98 Å². The number of alkyl halides is 3. The van der Waals surface area contributed by atoms with Gasteiger partial charge in [-0.05, 0) is 12.1 Å². The largest absolute Gasteiger partial charge is 0.478 e. The molecule has 0 saturated carbocycles. The summed E-state index contributed by atoms with van der Waals surface area (Å²) in [7, 11) is 0.949. The van der Waals surface area contributed by atoms with E-state index >= 15 is 0 Å². The van der Waals surface area contributed by atoms with Gasteiger partial charge in [-0.25, -0.2) is 14.6 Å². The summed E-state index contributed by atoms with van der Waals surface area (Å²) in [5.74, 6) is -2.73. The van der Waals surface area contributed by atoms with Crippen molar-refractivity contribution in [1.29, 1.82) is 0 Å². The van der Waals surface area contributed by atoms with Crippen LogP contribution in [0.15, 0.2) is 12.1 Å². The van der Waals surface area contributed by atoms with Gasteiger partial charge in [0.25, 0.3) is 0 Å². The maximum atomic E-state index is 12.4. The average molecular weight is 249 g/mol. The number of nitrogens with zero attached hydrogens (tertiary/aromatic N) is 1. The number of carbonyl (C=O) groups is 2. The van der Waals surface area contributed by atoms with E-state index in [9.17, 15) is 22.8 Å².